The highest BCUT2D eigenvalue weighted by Crippen LogP contribution is 2.35. The van der Waals surface area contributed by atoms with Gasteiger partial charge in [-0.3, -0.25) is 9.48 Å². The molecular formula is C18H19ClF3N3O. The highest BCUT2D eigenvalue weighted by Gasteiger charge is 2.36. The van der Waals surface area contributed by atoms with Crippen LogP contribution in [0.15, 0.2) is 18.2 Å². The predicted molar refractivity (Wildman–Crippen MR) is 92.0 cm³/mol. The van der Waals surface area contributed by atoms with E-state index in [1.54, 1.807) is 9.58 Å². The first-order valence-electron chi connectivity index (χ1n) is 8.26. The Hall–Kier alpha value is -2.02. The van der Waals surface area contributed by atoms with E-state index >= 15 is 0 Å². The van der Waals surface area contributed by atoms with Crippen LogP contribution in [-0.2, 0) is 19.8 Å². The summed E-state index contributed by atoms with van der Waals surface area (Å²) in [5.41, 5.74) is 1.65. The average molecular weight is 386 g/mol. The van der Waals surface area contributed by atoms with Gasteiger partial charge in [0.15, 0.2) is 0 Å². The van der Waals surface area contributed by atoms with Crippen molar-refractivity contribution in [1.29, 1.82) is 0 Å². The molecule has 1 amide bonds. The van der Waals surface area contributed by atoms with E-state index in [2.05, 4.69) is 5.10 Å². The highest BCUT2D eigenvalue weighted by molar-refractivity contribution is 6.33. The molecule has 1 fully saturated rings. The van der Waals surface area contributed by atoms with Crippen LogP contribution in [0.3, 0.4) is 0 Å². The molecule has 0 radical (unpaired) electrons. The summed E-state index contributed by atoms with van der Waals surface area (Å²) in [6.45, 7) is 4.07. The molecule has 26 heavy (non-hydrogen) atoms. The van der Waals surface area contributed by atoms with Gasteiger partial charge in [-0.05, 0) is 44.9 Å². The minimum atomic E-state index is -4.53. The zero-order chi connectivity index (χ0) is 19.2. The summed E-state index contributed by atoms with van der Waals surface area (Å²) in [5.74, 6) is -0.480. The molecule has 2 aromatic rings. The average Bonchev–Trinajstić information content (AvgIpc) is 3.35. The SMILES string of the molecule is Cc1nn(C)c(C)c1CN(C(=O)c1cc(C(F)(F)F)ccc1Cl)C1CC1. The molecule has 8 heteroatoms. The fourth-order valence-electron chi connectivity index (χ4n) is 2.99. The Kier molecular flexibility index (Phi) is 4.77. The molecule has 0 bridgehead atoms. The summed E-state index contributed by atoms with van der Waals surface area (Å²) in [4.78, 5) is 14.6. The molecule has 3 rings (SSSR count). The van der Waals surface area contributed by atoms with E-state index in [1.165, 1.54) is 0 Å². The predicted octanol–water partition coefficient (Wildman–Crippen LogP) is 4.51. The molecule has 0 unspecified atom stereocenters. The number of benzene rings is 1. The Morgan fingerprint density at radius 2 is 2.00 bits per heavy atom. The molecule has 1 heterocycles. The van der Waals surface area contributed by atoms with Crippen molar-refractivity contribution < 1.29 is 18.0 Å². The zero-order valence-electron chi connectivity index (χ0n) is 14.7. The van der Waals surface area contributed by atoms with Crippen molar-refractivity contribution in [3.8, 4) is 0 Å². The van der Waals surface area contributed by atoms with E-state index in [0.29, 0.717) is 6.54 Å². The van der Waals surface area contributed by atoms with Crippen LogP contribution in [0.5, 0.6) is 0 Å². The molecule has 0 N–H and O–H groups in total. The molecule has 0 aliphatic heterocycles. The van der Waals surface area contributed by atoms with Crippen LogP contribution in [0, 0.1) is 13.8 Å². The van der Waals surface area contributed by atoms with Crippen LogP contribution in [0.4, 0.5) is 13.2 Å². The molecular weight excluding hydrogens is 367 g/mol. The van der Waals surface area contributed by atoms with Gasteiger partial charge < -0.3 is 4.90 Å². The smallest absolute Gasteiger partial charge is 0.331 e. The number of carbonyl (C=O) groups is 1. The largest absolute Gasteiger partial charge is 0.416 e. The van der Waals surface area contributed by atoms with E-state index in [4.69, 9.17) is 11.6 Å². The number of rotatable bonds is 4. The summed E-state index contributed by atoms with van der Waals surface area (Å²) < 4.78 is 40.8. The first kappa shape index (κ1) is 18.8. The topological polar surface area (TPSA) is 38.1 Å². The molecule has 1 aliphatic rings. The van der Waals surface area contributed by atoms with Crippen LogP contribution < -0.4 is 0 Å². The van der Waals surface area contributed by atoms with Crippen LogP contribution in [0.25, 0.3) is 0 Å². The van der Waals surface area contributed by atoms with Crippen LogP contribution in [-0.4, -0.2) is 26.6 Å². The van der Waals surface area contributed by atoms with Crippen molar-refractivity contribution in [3.63, 3.8) is 0 Å². The maximum Gasteiger partial charge on any atom is 0.416 e. The first-order valence-corrected chi connectivity index (χ1v) is 8.64. The van der Waals surface area contributed by atoms with E-state index < -0.39 is 17.6 Å². The monoisotopic (exact) mass is 385 g/mol. The third-order valence-electron chi connectivity index (χ3n) is 4.76. The fourth-order valence-corrected chi connectivity index (χ4v) is 3.19. The standard InChI is InChI=1S/C18H19ClF3N3O/c1-10-15(11(2)24(3)23-10)9-25(13-5-6-13)17(26)14-8-12(18(20,21)22)4-7-16(14)19/h4,7-8,13H,5-6,9H2,1-3H3. The van der Waals surface area contributed by atoms with Gasteiger partial charge in [0.05, 0.1) is 21.8 Å². The number of aryl methyl sites for hydroxylation is 2. The van der Waals surface area contributed by atoms with E-state index in [9.17, 15) is 18.0 Å². The second kappa shape index (κ2) is 6.61. The molecule has 140 valence electrons. The van der Waals surface area contributed by atoms with Crippen LogP contribution >= 0.6 is 11.6 Å². The molecule has 0 spiro atoms. The Labute approximate surface area is 154 Å². The molecule has 0 atom stereocenters. The lowest BCUT2D eigenvalue weighted by atomic mass is 10.1. The van der Waals surface area contributed by atoms with E-state index in [0.717, 1.165) is 48.0 Å². The normalized spacial score (nSPS) is 14.6. The number of aromatic nitrogens is 2. The van der Waals surface area contributed by atoms with Crippen LogP contribution in [0.2, 0.25) is 5.02 Å². The lowest BCUT2D eigenvalue weighted by Gasteiger charge is -2.24. The Morgan fingerprint density at radius 3 is 2.50 bits per heavy atom. The highest BCUT2D eigenvalue weighted by atomic mass is 35.5. The van der Waals surface area contributed by atoms with E-state index in [1.807, 2.05) is 20.9 Å². The van der Waals surface area contributed by atoms with Gasteiger partial charge in [0.1, 0.15) is 0 Å². The van der Waals surface area contributed by atoms with Gasteiger partial charge in [-0.15, -0.1) is 0 Å². The number of hydrogen-bond acceptors (Lipinski definition) is 2. The molecule has 4 nitrogen and oxygen atoms in total. The van der Waals surface area contributed by atoms with Gasteiger partial charge in [-0.1, -0.05) is 11.6 Å². The summed E-state index contributed by atoms with van der Waals surface area (Å²) in [5, 5.41) is 4.36. The van der Waals surface area contributed by atoms with Crippen molar-refractivity contribution in [2.75, 3.05) is 0 Å². The van der Waals surface area contributed by atoms with Gasteiger partial charge in [0.2, 0.25) is 0 Å². The first-order chi connectivity index (χ1) is 12.1. The second-order valence-corrected chi connectivity index (χ2v) is 7.04. The van der Waals surface area contributed by atoms with Gasteiger partial charge in [0, 0.05) is 30.9 Å². The van der Waals surface area contributed by atoms with Crippen LogP contribution in [0.1, 0.15) is 45.7 Å². The summed E-state index contributed by atoms with van der Waals surface area (Å²) in [6, 6.07) is 2.87. The number of nitrogens with zero attached hydrogens (tertiary/aromatic N) is 3. The van der Waals surface area contributed by atoms with Crippen molar-refractivity contribution in [2.45, 2.75) is 45.5 Å². The lowest BCUT2D eigenvalue weighted by Crippen LogP contribution is -2.33. The fraction of sp³-hybridized carbons (Fsp3) is 0.444. The molecule has 1 aromatic heterocycles. The summed E-state index contributed by atoms with van der Waals surface area (Å²) in [6.07, 6.45) is -2.86. The number of hydrogen-bond donors (Lipinski definition) is 0. The maximum absolute atomic E-state index is 13.0. The lowest BCUT2D eigenvalue weighted by molar-refractivity contribution is -0.137. The maximum atomic E-state index is 13.0. The van der Waals surface area contributed by atoms with Crippen molar-refractivity contribution in [2.24, 2.45) is 7.05 Å². The summed E-state index contributed by atoms with van der Waals surface area (Å²) in [7, 11) is 1.82. The molecule has 1 aliphatic carbocycles. The molecule has 1 saturated carbocycles. The van der Waals surface area contributed by atoms with Gasteiger partial charge >= 0.3 is 6.18 Å². The molecule has 1 aromatic carbocycles. The Balaban J connectivity index is 1.95. The minimum absolute atomic E-state index is 0.0205. The third-order valence-corrected chi connectivity index (χ3v) is 5.09. The van der Waals surface area contributed by atoms with Crippen molar-refractivity contribution >= 4 is 17.5 Å². The van der Waals surface area contributed by atoms with Crippen molar-refractivity contribution in [1.82, 2.24) is 14.7 Å². The van der Waals surface area contributed by atoms with Gasteiger partial charge in [0.25, 0.3) is 5.91 Å². The third kappa shape index (κ3) is 3.58. The minimum Gasteiger partial charge on any atom is -0.331 e. The van der Waals surface area contributed by atoms with Crippen molar-refractivity contribution in [3.05, 3.63) is 51.3 Å². The Bertz CT molecular complexity index is 856. The van der Waals surface area contributed by atoms with Gasteiger partial charge in [-0.25, -0.2) is 0 Å². The second-order valence-electron chi connectivity index (χ2n) is 6.63. The molecule has 0 saturated heterocycles. The number of amides is 1. The number of carbonyl (C=O) groups excluding carboxylic acids is 1. The number of alkyl halides is 3. The Morgan fingerprint density at radius 1 is 1.35 bits per heavy atom. The summed E-state index contributed by atoms with van der Waals surface area (Å²) >= 11 is 6.05. The van der Waals surface area contributed by atoms with Gasteiger partial charge in [-0.2, -0.15) is 18.3 Å². The number of halogens is 4. The zero-order valence-corrected chi connectivity index (χ0v) is 15.4. The van der Waals surface area contributed by atoms with E-state index in [-0.39, 0.29) is 16.6 Å². The quantitative estimate of drug-likeness (QED) is 0.776.